The Morgan fingerprint density at radius 1 is 1.44 bits per heavy atom. The van der Waals surface area contributed by atoms with Crippen molar-refractivity contribution >= 4 is 12.1 Å². The van der Waals surface area contributed by atoms with Crippen LogP contribution in [0.3, 0.4) is 0 Å². The van der Waals surface area contributed by atoms with Crippen LogP contribution in [0.4, 0.5) is 0 Å². The smallest absolute Gasteiger partial charge is 0.173 e. The Morgan fingerprint density at radius 3 is 3.00 bits per heavy atom. The van der Waals surface area contributed by atoms with E-state index in [9.17, 15) is 0 Å². The molecule has 0 unspecified atom stereocenters. The molecular formula is C11H11N5O2. The number of aliphatic hydroxyl groups is 1. The van der Waals surface area contributed by atoms with Crippen LogP contribution in [0, 0.1) is 0 Å². The minimum Gasteiger partial charge on any atom is -0.458 e. The van der Waals surface area contributed by atoms with Gasteiger partial charge in [0.05, 0.1) is 12.4 Å². The molecule has 0 aromatic carbocycles. The topological polar surface area (TPSA) is 110 Å². The van der Waals surface area contributed by atoms with Gasteiger partial charge in [0, 0.05) is 12.4 Å². The Labute approximate surface area is 103 Å². The van der Waals surface area contributed by atoms with Gasteiger partial charge in [0.1, 0.15) is 23.8 Å². The highest BCUT2D eigenvalue weighted by atomic mass is 16.4. The number of amidine groups is 1. The standard InChI is InChI=1S/C11H11N5O2/c12-11(10-6-13-3-4-14-10)16-15-5-8-1-2-9(7-17)18-8/h1-6,17H,7H2,(H2,12,16). The molecule has 18 heavy (non-hydrogen) atoms. The summed E-state index contributed by atoms with van der Waals surface area (Å²) in [5.74, 6) is 1.10. The first kappa shape index (κ1) is 11.9. The van der Waals surface area contributed by atoms with Crippen molar-refractivity contribution < 1.29 is 9.52 Å². The van der Waals surface area contributed by atoms with Crippen molar-refractivity contribution in [3.63, 3.8) is 0 Å². The summed E-state index contributed by atoms with van der Waals surface area (Å²) in [6.45, 7) is -0.154. The second-order valence-electron chi connectivity index (χ2n) is 3.28. The van der Waals surface area contributed by atoms with Gasteiger partial charge in [0.15, 0.2) is 5.84 Å². The van der Waals surface area contributed by atoms with Crippen molar-refractivity contribution in [2.24, 2.45) is 15.9 Å². The van der Waals surface area contributed by atoms with Crippen molar-refractivity contribution in [3.8, 4) is 0 Å². The zero-order valence-corrected chi connectivity index (χ0v) is 9.39. The van der Waals surface area contributed by atoms with Gasteiger partial charge >= 0.3 is 0 Å². The number of aromatic nitrogens is 2. The molecule has 0 aliphatic carbocycles. The van der Waals surface area contributed by atoms with Gasteiger partial charge in [-0.15, -0.1) is 5.10 Å². The summed E-state index contributed by atoms with van der Waals surface area (Å²) in [6, 6.07) is 3.32. The number of furan rings is 1. The van der Waals surface area contributed by atoms with Crippen LogP contribution in [0.1, 0.15) is 17.2 Å². The van der Waals surface area contributed by atoms with Crippen molar-refractivity contribution in [1.82, 2.24) is 9.97 Å². The van der Waals surface area contributed by atoms with Crippen molar-refractivity contribution in [1.29, 1.82) is 0 Å². The summed E-state index contributed by atoms with van der Waals surface area (Å²) in [5.41, 5.74) is 6.10. The molecule has 0 radical (unpaired) electrons. The Morgan fingerprint density at radius 2 is 2.33 bits per heavy atom. The molecule has 0 aliphatic heterocycles. The molecule has 0 spiro atoms. The molecule has 2 aromatic heterocycles. The molecule has 3 N–H and O–H groups in total. The Bertz CT molecular complexity index is 562. The number of aliphatic hydroxyl groups excluding tert-OH is 1. The average Bonchev–Trinajstić information content (AvgIpc) is 2.87. The zero-order valence-electron chi connectivity index (χ0n) is 9.39. The molecule has 0 fully saturated rings. The highest BCUT2D eigenvalue weighted by Crippen LogP contribution is 2.05. The fraction of sp³-hybridized carbons (Fsp3) is 0.0909. The predicted octanol–water partition coefficient (Wildman–Crippen LogP) is 0.301. The van der Waals surface area contributed by atoms with Gasteiger partial charge in [0.25, 0.3) is 0 Å². The first-order chi connectivity index (χ1) is 8.79. The maximum absolute atomic E-state index is 8.81. The molecule has 92 valence electrons. The summed E-state index contributed by atoms with van der Waals surface area (Å²) in [4.78, 5) is 7.84. The summed E-state index contributed by atoms with van der Waals surface area (Å²) < 4.78 is 5.18. The maximum atomic E-state index is 8.81. The molecule has 7 nitrogen and oxygen atoms in total. The second kappa shape index (κ2) is 5.69. The minimum atomic E-state index is -0.154. The van der Waals surface area contributed by atoms with Gasteiger partial charge in [0.2, 0.25) is 0 Å². The van der Waals surface area contributed by atoms with E-state index in [2.05, 4.69) is 20.2 Å². The minimum absolute atomic E-state index is 0.154. The lowest BCUT2D eigenvalue weighted by Gasteiger charge is -1.94. The van der Waals surface area contributed by atoms with Gasteiger partial charge in [-0.1, -0.05) is 0 Å². The Kier molecular flexibility index (Phi) is 3.77. The van der Waals surface area contributed by atoms with E-state index in [0.29, 0.717) is 17.2 Å². The number of hydrogen-bond acceptors (Lipinski definition) is 6. The largest absolute Gasteiger partial charge is 0.458 e. The SMILES string of the molecule is NC(=NN=Cc1ccc(CO)o1)c1cnccn1. The van der Waals surface area contributed by atoms with Gasteiger partial charge in [-0.25, -0.2) is 4.98 Å². The van der Waals surface area contributed by atoms with E-state index in [1.54, 1.807) is 18.3 Å². The highest BCUT2D eigenvalue weighted by Gasteiger charge is 1.99. The average molecular weight is 245 g/mol. The van der Waals surface area contributed by atoms with E-state index in [1.807, 2.05) is 0 Å². The van der Waals surface area contributed by atoms with Crippen molar-refractivity contribution in [3.05, 3.63) is 47.9 Å². The van der Waals surface area contributed by atoms with E-state index in [0.717, 1.165) is 0 Å². The third-order valence-electron chi connectivity index (χ3n) is 2.01. The molecular weight excluding hydrogens is 234 g/mol. The normalized spacial score (nSPS) is 12.2. The Hall–Kier alpha value is -2.54. The number of rotatable bonds is 4. The van der Waals surface area contributed by atoms with E-state index >= 15 is 0 Å². The first-order valence-electron chi connectivity index (χ1n) is 5.12. The molecule has 2 aromatic rings. The van der Waals surface area contributed by atoms with Crippen molar-refractivity contribution in [2.45, 2.75) is 6.61 Å². The lowest BCUT2D eigenvalue weighted by molar-refractivity contribution is 0.247. The molecule has 0 saturated heterocycles. The number of nitrogens with zero attached hydrogens (tertiary/aromatic N) is 4. The summed E-state index contributed by atoms with van der Waals surface area (Å²) >= 11 is 0. The van der Waals surface area contributed by atoms with E-state index in [-0.39, 0.29) is 12.4 Å². The van der Waals surface area contributed by atoms with Gasteiger partial charge < -0.3 is 15.3 Å². The molecule has 2 heterocycles. The van der Waals surface area contributed by atoms with Crippen LogP contribution >= 0.6 is 0 Å². The quantitative estimate of drug-likeness (QED) is 0.457. The van der Waals surface area contributed by atoms with Crippen LogP contribution < -0.4 is 5.73 Å². The van der Waals surface area contributed by atoms with Gasteiger partial charge in [-0.2, -0.15) is 5.10 Å². The lowest BCUT2D eigenvalue weighted by atomic mass is 10.4. The van der Waals surface area contributed by atoms with Crippen molar-refractivity contribution in [2.75, 3.05) is 0 Å². The molecule has 0 saturated carbocycles. The molecule has 2 rings (SSSR count). The van der Waals surface area contributed by atoms with Crippen LogP contribution in [0.5, 0.6) is 0 Å². The highest BCUT2D eigenvalue weighted by molar-refractivity contribution is 5.95. The lowest BCUT2D eigenvalue weighted by Crippen LogP contribution is -2.14. The third-order valence-corrected chi connectivity index (χ3v) is 2.01. The van der Waals surface area contributed by atoms with E-state index in [1.165, 1.54) is 18.6 Å². The Balaban J connectivity index is 2.06. The number of nitrogens with two attached hydrogens (primary N) is 1. The van der Waals surface area contributed by atoms with Crippen LogP contribution in [-0.4, -0.2) is 27.1 Å². The molecule has 7 heteroatoms. The molecule has 0 aliphatic rings. The second-order valence-corrected chi connectivity index (χ2v) is 3.28. The van der Waals surface area contributed by atoms with Crippen LogP contribution in [0.2, 0.25) is 0 Å². The summed E-state index contributed by atoms with van der Waals surface area (Å²) in [5, 5.41) is 16.3. The van der Waals surface area contributed by atoms with Crippen LogP contribution in [0.25, 0.3) is 0 Å². The fourth-order valence-electron chi connectivity index (χ4n) is 1.18. The fourth-order valence-corrected chi connectivity index (χ4v) is 1.18. The van der Waals surface area contributed by atoms with Gasteiger partial charge in [-0.05, 0) is 12.1 Å². The molecule has 0 atom stereocenters. The maximum Gasteiger partial charge on any atom is 0.173 e. The zero-order chi connectivity index (χ0) is 12.8. The first-order valence-corrected chi connectivity index (χ1v) is 5.12. The third kappa shape index (κ3) is 2.98. The summed E-state index contributed by atoms with van der Waals surface area (Å²) in [7, 11) is 0. The monoisotopic (exact) mass is 245 g/mol. The predicted molar refractivity (Wildman–Crippen MR) is 65.0 cm³/mol. The van der Waals surface area contributed by atoms with Crippen LogP contribution in [-0.2, 0) is 6.61 Å². The molecule has 0 bridgehead atoms. The summed E-state index contributed by atoms with van der Waals surface area (Å²) in [6.07, 6.45) is 5.94. The van der Waals surface area contributed by atoms with E-state index in [4.69, 9.17) is 15.3 Å². The number of hydrogen-bond donors (Lipinski definition) is 2. The molecule has 0 amide bonds. The van der Waals surface area contributed by atoms with E-state index < -0.39 is 0 Å². The van der Waals surface area contributed by atoms with Crippen LogP contribution in [0.15, 0.2) is 45.3 Å². The van der Waals surface area contributed by atoms with Gasteiger partial charge in [-0.3, -0.25) is 4.98 Å².